The third-order valence-corrected chi connectivity index (χ3v) is 6.21. The van der Waals surface area contributed by atoms with E-state index in [1.807, 2.05) is 86.6 Å². The molecule has 3 aromatic carbocycles. The molecule has 7 heteroatoms. The molecule has 154 valence electrons. The van der Waals surface area contributed by atoms with Crippen molar-refractivity contribution in [3.8, 4) is 0 Å². The maximum atomic E-state index is 12.5. The van der Waals surface area contributed by atoms with Crippen LogP contribution in [0.4, 0.5) is 17.1 Å². The van der Waals surface area contributed by atoms with Crippen LogP contribution in [-0.2, 0) is 4.79 Å². The fraction of sp³-hybridized carbons (Fsp3) is 0.130. The summed E-state index contributed by atoms with van der Waals surface area (Å²) < 4.78 is 1.13. The Bertz CT molecular complexity index is 1020. The van der Waals surface area contributed by atoms with Crippen molar-refractivity contribution in [1.29, 1.82) is 0 Å². The average Bonchev–Trinajstić information content (AvgIpc) is 2.71. The van der Waals surface area contributed by atoms with Crippen molar-refractivity contribution in [3.63, 3.8) is 0 Å². The molecule has 3 aromatic rings. The van der Waals surface area contributed by atoms with Gasteiger partial charge < -0.3 is 16.0 Å². The minimum Gasteiger partial charge on any atom is -0.332 e. The summed E-state index contributed by atoms with van der Waals surface area (Å²) in [5.41, 5.74) is 3.81. The van der Waals surface area contributed by atoms with Gasteiger partial charge in [0.05, 0.1) is 5.25 Å². The smallest absolute Gasteiger partial charge is 0.237 e. The third kappa shape index (κ3) is 7.00. The van der Waals surface area contributed by atoms with Gasteiger partial charge in [0.1, 0.15) is 0 Å². The fourth-order valence-corrected chi connectivity index (χ4v) is 4.13. The van der Waals surface area contributed by atoms with Crippen LogP contribution in [-0.4, -0.2) is 16.3 Å². The maximum Gasteiger partial charge on any atom is 0.237 e. The van der Waals surface area contributed by atoms with E-state index in [1.54, 1.807) is 0 Å². The van der Waals surface area contributed by atoms with E-state index in [0.29, 0.717) is 5.11 Å². The first kappa shape index (κ1) is 22.6. The molecular formula is C23H22IN3OS2. The Hall–Kier alpha value is -2.10. The lowest BCUT2D eigenvalue weighted by Crippen LogP contribution is -2.22. The van der Waals surface area contributed by atoms with Crippen LogP contribution in [0.3, 0.4) is 0 Å². The van der Waals surface area contributed by atoms with Crippen molar-refractivity contribution in [1.82, 2.24) is 0 Å². The Kier molecular flexibility index (Phi) is 8.12. The van der Waals surface area contributed by atoms with Crippen molar-refractivity contribution in [3.05, 3.63) is 81.9 Å². The van der Waals surface area contributed by atoms with E-state index in [0.717, 1.165) is 25.5 Å². The summed E-state index contributed by atoms with van der Waals surface area (Å²) in [5, 5.41) is 9.61. The Labute approximate surface area is 200 Å². The van der Waals surface area contributed by atoms with Gasteiger partial charge in [0, 0.05) is 25.5 Å². The van der Waals surface area contributed by atoms with Crippen LogP contribution in [0.2, 0.25) is 0 Å². The molecule has 0 heterocycles. The number of carbonyl (C=O) groups excluding carboxylic acids is 1. The molecule has 1 atom stereocenters. The second kappa shape index (κ2) is 10.8. The van der Waals surface area contributed by atoms with Gasteiger partial charge in [-0.25, -0.2) is 0 Å². The number of carbonyl (C=O) groups is 1. The number of benzene rings is 3. The van der Waals surface area contributed by atoms with E-state index in [1.165, 1.54) is 17.3 Å². The van der Waals surface area contributed by atoms with Crippen LogP contribution in [0.15, 0.2) is 77.7 Å². The van der Waals surface area contributed by atoms with Crippen LogP contribution < -0.4 is 16.0 Å². The molecule has 0 saturated carbocycles. The highest BCUT2D eigenvalue weighted by Gasteiger charge is 2.15. The van der Waals surface area contributed by atoms with Crippen molar-refractivity contribution < 1.29 is 4.79 Å². The van der Waals surface area contributed by atoms with Crippen LogP contribution in [0.5, 0.6) is 0 Å². The van der Waals surface area contributed by atoms with E-state index < -0.39 is 0 Å². The predicted molar refractivity (Wildman–Crippen MR) is 141 cm³/mol. The number of nitrogens with one attached hydrogen (secondary N) is 3. The topological polar surface area (TPSA) is 53.2 Å². The number of anilines is 3. The van der Waals surface area contributed by atoms with Crippen molar-refractivity contribution in [2.24, 2.45) is 0 Å². The normalized spacial score (nSPS) is 11.4. The highest BCUT2D eigenvalue weighted by molar-refractivity contribution is 14.1. The largest absolute Gasteiger partial charge is 0.332 e. The number of halogens is 1. The fourth-order valence-electron chi connectivity index (χ4n) is 2.61. The molecule has 0 bridgehead atoms. The monoisotopic (exact) mass is 547 g/mol. The molecule has 30 heavy (non-hydrogen) atoms. The number of rotatable bonds is 6. The van der Waals surface area contributed by atoms with Gasteiger partial charge in [-0.2, -0.15) is 0 Å². The summed E-state index contributed by atoms with van der Waals surface area (Å²) in [6, 6.07) is 23.7. The molecule has 3 N–H and O–H groups in total. The van der Waals surface area contributed by atoms with Crippen molar-refractivity contribution in [2.45, 2.75) is 24.0 Å². The predicted octanol–water partition coefficient (Wildman–Crippen LogP) is 6.53. The summed E-state index contributed by atoms with van der Waals surface area (Å²) in [4.78, 5) is 13.5. The van der Waals surface area contributed by atoms with E-state index in [2.05, 4.69) is 38.5 Å². The Balaban J connectivity index is 1.56. The molecule has 0 aliphatic heterocycles. The average molecular weight is 547 g/mol. The van der Waals surface area contributed by atoms with E-state index in [4.69, 9.17) is 12.2 Å². The van der Waals surface area contributed by atoms with Gasteiger partial charge in [-0.3, -0.25) is 4.79 Å². The van der Waals surface area contributed by atoms with E-state index in [-0.39, 0.29) is 11.2 Å². The summed E-state index contributed by atoms with van der Waals surface area (Å²) in [5.74, 6) is -0.0314. The maximum absolute atomic E-state index is 12.5. The van der Waals surface area contributed by atoms with Gasteiger partial charge in [-0.1, -0.05) is 23.8 Å². The van der Waals surface area contributed by atoms with Gasteiger partial charge in [-0.05, 0) is 103 Å². The first-order valence-electron chi connectivity index (χ1n) is 9.37. The highest BCUT2D eigenvalue weighted by Crippen LogP contribution is 2.27. The zero-order valence-corrected chi connectivity index (χ0v) is 20.4. The third-order valence-electron chi connectivity index (χ3n) is 4.20. The van der Waals surface area contributed by atoms with Crippen LogP contribution in [0, 0.1) is 10.5 Å². The number of thiocarbonyl (C=S) groups is 1. The standard InChI is InChI=1S/C23H22IN3OS2/c1-15-6-10-19(11-7-15)26-23(29)27-20-4-3-5-21(14-20)30-16(2)22(28)25-18-12-8-17(24)9-13-18/h3-14,16H,1-2H3,(H,25,28)(H2,26,27,29). The first-order valence-corrected chi connectivity index (χ1v) is 11.7. The quantitative estimate of drug-likeness (QED) is 0.186. The second-order valence-corrected chi connectivity index (χ2v) is 9.80. The van der Waals surface area contributed by atoms with Gasteiger partial charge in [0.25, 0.3) is 0 Å². The molecule has 0 fully saturated rings. The minimum atomic E-state index is -0.239. The second-order valence-electron chi connectivity index (χ2n) is 6.73. The summed E-state index contributed by atoms with van der Waals surface area (Å²) in [6.45, 7) is 3.95. The Morgan fingerprint density at radius 1 is 0.900 bits per heavy atom. The molecule has 0 saturated heterocycles. The van der Waals surface area contributed by atoms with Crippen LogP contribution >= 0.6 is 46.6 Å². The molecule has 0 radical (unpaired) electrons. The molecule has 3 rings (SSSR count). The highest BCUT2D eigenvalue weighted by atomic mass is 127. The molecule has 0 aromatic heterocycles. The zero-order chi connectivity index (χ0) is 21.5. The molecular weight excluding hydrogens is 525 g/mol. The van der Waals surface area contributed by atoms with Gasteiger partial charge in [0.2, 0.25) is 5.91 Å². The molecule has 0 spiro atoms. The van der Waals surface area contributed by atoms with E-state index in [9.17, 15) is 4.79 Å². The Morgan fingerprint density at radius 2 is 1.50 bits per heavy atom. The lowest BCUT2D eigenvalue weighted by Gasteiger charge is -2.14. The molecule has 1 amide bonds. The number of thioether (sulfide) groups is 1. The molecule has 0 aliphatic carbocycles. The van der Waals surface area contributed by atoms with Gasteiger partial charge >= 0.3 is 0 Å². The summed E-state index contributed by atoms with van der Waals surface area (Å²) in [6.07, 6.45) is 0. The first-order chi connectivity index (χ1) is 14.4. The summed E-state index contributed by atoms with van der Waals surface area (Å²) in [7, 11) is 0. The minimum absolute atomic E-state index is 0.0314. The van der Waals surface area contributed by atoms with Crippen LogP contribution in [0.1, 0.15) is 12.5 Å². The van der Waals surface area contributed by atoms with E-state index >= 15 is 0 Å². The van der Waals surface area contributed by atoms with Gasteiger partial charge in [0.15, 0.2) is 5.11 Å². The zero-order valence-electron chi connectivity index (χ0n) is 16.6. The molecule has 4 nitrogen and oxygen atoms in total. The van der Waals surface area contributed by atoms with Crippen molar-refractivity contribution >= 4 is 74.7 Å². The Morgan fingerprint density at radius 3 is 2.20 bits per heavy atom. The van der Waals surface area contributed by atoms with Crippen LogP contribution in [0.25, 0.3) is 0 Å². The molecule has 0 aliphatic rings. The summed E-state index contributed by atoms with van der Waals surface area (Å²) >= 11 is 9.16. The molecule has 1 unspecified atom stereocenters. The SMILES string of the molecule is Cc1ccc(NC(=S)Nc2cccc(SC(C)C(=O)Nc3ccc(I)cc3)c2)cc1. The van der Waals surface area contributed by atoms with Gasteiger partial charge in [-0.15, -0.1) is 11.8 Å². The number of aryl methyl sites for hydroxylation is 1. The number of hydrogen-bond acceptors (Lipinski definition) is 3. The number of amides is 1. The van der Waals surface area contributed by atoms with Crippen molar-refractivity contribution in [2.75, 3.05) is 16.0 Å². The lowest BCUT2D eigenvalue weighted by atomic mass is 10.2. The lowest BCUT2D eigenvalue weighted by molar-refractivity contribution is -0.115. The number of hydrogen-bond donors (Lipinski definition) is 3.